The zero-order chi connectivity index (χ0) is 15.1. The van der Waals surface area contributed by atoms with E-state index in [1.54, 1.807) is 7.11 Å². The number of hydrogen-bond acceptors (Lipinski definition) is 3. The van der Waals surface area contributed by atoms with Crippen molar-refractivity contribution in [1.29, 1.82) is 0 Å². The second-order valence-corrected chi connectivity index (χ2v) is 5.85. The smallest absolute Gasteiger partial charge is 0.258 e. The Morgan fingerprint density at radius 3 is 2.50 bits per heavy atom. The molecule has 22 heavy (non-hydrogen) atoms. The lowest BCUT2D eigenvalue weighted by Crippen LogP contribution is -2.02. The summed E-state index contributed by atoms with van der Waals surface area (Å²) in [5.74, 6) is 2.16. The summed E-state index contributed by atoms with van der Waals surface area (Å²) in [4.78, 5) is 0. The molecule has 5 heteroatoms. The highest BCUT2D eigenvalue weighted by atomic mass is 32.1. The van der Waals surface area contributed by atoms with Crippen LogP contribution < -0.4 is 13.2 Å². The summed E-state index contributed by atoms with van der Waals surface area (Å²) in [6, 6.07) is 17.3. The Bertz CT molecular complexity index is 1010. The van der Waals surface area contributed by atoms with Gasteiger partial charge in [0, 0.05) is 11.5 Å². The van der Waals surface area contributed by atoms with Crippen molar-refractivity contribution in [3.8, 4) is 17.2 Å². The fraction of sp³-hybridized carbons (Fsp3) is 0.0588. The van der Waals surface area contributed by atoms with E-state index in [4.69, 9.17) is 9.47 Å². The van der Waals surface area contributed by atoms with Crippen molar-refractivity contribution in [2.24, 2.45) is 0 Å². The van der Waals surface area contributed by atoms with E-state index >= 15 is 0 Å². The number of hydrogen-bond donors (Lipinski definition) is 0. The van der Waals surface area contributed by atoms with E-state index in [2.05, 4.69) is 0 Å². The van der Waals surface area contributed by atoms with Crippen LogP contribution in [0, 0.1) is 0 Å². The number of ether oxygens (including phenoxy) is 2. The third-order valence-electron chi connectivity index (χ3n) is 3.60. The van der Waals surface area contributed by atoms with Gasteiger partial charge in [0.15, 0.2) is 0 Å². The maximum Gasteiger partial charge on any atom is 0.258 e. The number of rotatable bonds is 3. The molecular formula is C17H12N2O2S. The molecule has 0 aliphatic rings. The third-order valence-corrected chi connectivity index (χ3v) is 4.56. The van der Waals surface area contributed by atoms with Crippen molar-refractivity contribution >= 4 is 32.5 Å². The number of fused-ring (bicyclic) bond motifs is 4. The van der Waals surface area contributed by atoms with E-state index in [0.717, 1.165) is 25.0 Å². The Kier molecular flexibility index (Phi) is 2.94. The summed E-state index contributed by atoms with van der Waals surface area (Å²) in [6.07, 6.45) is 0. The molecule has 0 radical (unpaired) electrons. The van der Waals surface area contributed by atoms with Crippen LogP contribution in [0.1, 0.15) is 0 Å². The van der Waals surface area contributed by atoms with Crippen LogP contribution in [0.4, 0.5) is 0 Å². The van der Waals surface area contributed by atoms with Gasteiger partial charge in [0.05, 0.1) is 7.11 Å². The summed E-state index contributed by atoms with van der Waals surface area (Å²) in [5.41, 5.74) is 10.8. The van der Waals surface area contributed by atoms with E-state index in [1.807, 2.05) is 54.6 Å². The van der Waals surface area contributed by atoms with Crippen LogP contribution >= 0.6 is 11.5 Å². The van der Waals surface area contributed by atoms with Gasteiger partial charge in [-0.2, -0.15) is 3.75 Å². The van der Waals surface area contributed by atoms with Crippen LogP contribution in [0.2, 0.25) is 0 Å². The van der Waals surface area contributed by atoms with Crippen molar-refractivity contribution < 1.29 is 13.2 Å². The molecule has 0 N–H and O–H groups in total. The Morgan fingerprint density at radius 1 is 1.00 bits per heavy atom. The van der Waals surface area contributed by atoms with Gasteiger partial charge in [-0.3, -0.25) is 0 Å². The van der Waals surface area contributed by atoms with E-state index in [0.29, 0.717) is 17.0 Å². The van der Waals surface area contributed by atoms with Crippen LogP contribution in [0.25, 0.3) is 26.5 Å². The first-order chi connectivity index (χ1) is 10.8. The van der Waals surface area contributed by atoms with Crippen LogP contribution in [-0.2, 0) is 0 Å². The van der Waals surface area contributed by atoms with Gasteiger partial charge in [-0.1, -0.05) is 24.3 Å². The summed E-state index contributed by atoms with van der Waals surface area (Å²) in [5, 5.41) is 2.15. The molecule has 2 bridgehead atoms. The first-order valence-electron chi connectivity index (χ1n) is 6.81. The van der Waals surface area contributed by atoms with Gasteiger partial charge in [0.1, 0.15) is 27.7 Å². The van der Waals surface area contributed by atoms with Gasteiger partial charge in [-0.15, -0.1) is 0 Å². The molecule has 1 heterocycles. The molecule has 0 spiro atoms. The molecule has 4 nitrogen and oxygen atoms in total. The molecule has 0 saturated carbocycles. The van der Waals surface area contributed by atoms with Gasteiger partial charge in [-0.05, 0) is 29.7 Å². The fourth-order valence-electron chi connectivity index (χ4n) is 2.51. The van der Waals surface area contributed by atoms with E-state index in [9.17, 15) is 5.53 Å². The minimum atomic E-state index is 0.662. The van der Waals surface area contributed by atoms with Gasteiger partial charge >= 0.3 is 0 Å². The third kappa shape index (κ3) is 1.98. The van der Waals surface area contributed by atoms with Crippen LogP contribution in [0.5, 0.6) is 17.2 Å². The summed E-state index contributed by atoms with van der Waals surface area (Å²) in [6.45, 7) is 0. The lowest BCUT2D eigenvalue weighted by atomic mass is 10.1. The number of methoxy groups -OCH3 is 1. The SMILES string of the molecule is COc1ccc(Oc2c3s[n+](=[N-])c2cc2ccccc23)cc1. The summed E-state index contributed by atoms with van der Waals surface area (Å²) in [7, 11) is 1.63. The van der Waals surface area contributed by atoms with Gasteiger partial charge in [-0.25, -0.2) is 0 Å². The van der Waals surface area contributed by atoms with Crippen molar-refractivity contribution in [3.63, 3.8) is 0 Å². The second kappa shape index (κ2) is 4.96. The molecule has 0 aliphatic carbocycles. The highest BCUT2D eigenvalue weighted by molar-refractivity contribution is 7.10. The largest absolute Gasteiger partial charge is 0.497 e. The molecular weight excluding hydrogens is 296 g/mol. The highest BCUT2D eigenvalue weighted by Crippen LogP contribution is 2.39. The maximum absolute atomic E-state index is 10.1. The first-order valence-corrected chi connectivity index (χ1v) is 7.58. The molecule has 0 unspecified atom stereocenters. The monoisotopic (exact) mass is 308 g/mol. The highest BCUT2D eigenvalue weighted by Gasteiger charge is 2.20. The number of nitrogens with zero attached hydrogens (tertiary/aromatic N) is 2. The molecule has 4 rings (SSSR count). The summed E-state index contributed by atoms with van der Waals surface area (Å²) < 4.78 is 13.2. The molecule has 4 aromatic rings. The van der Waals surface area contributed by atoms with Crippen molar-refractivity contribution in [3.05, 3.63) is 60.1 Å². The van der Waals surface area contributed by atoms with Crippen LogP contribution in [-0.4, -0.2) is 7.11 Å². The average Bonchev–Trinajstić information content (AvgIpc) is 2.77. The van der Waals surface area contributed by atoms with E-state index in [1.165, 1.54) is 11.5 Å². The van der Waals surface area contributed by atoms with Crippen molar-refractivity contribution in [2.45, 2.75) is 0 Å². The summed E-state index contributed by atoms with van der Waals surface area (Å²) >= 11 is 1.26. The molecule has 1 aromatic heterocycles. The standard InChI is InChI=1S/C17H12N2O2S/c1-20-12-6-8-13(9-7-12)21-16-15-10-11-4-2-3-5-14(11)17(16)22-19(15)18/h2-10H,1H3. The van der Waals surface area contributed by atoms with E-state index < -0.39 is 0 Å². The van der Waals surface area contributed by atoms with Crippen molar-refractivity contribution in [2.75, 3.05) is 7.11 Å². The predicted octanol–water partition coefficient (Wildman–Crippen LogP) is 4.46. The van der Waals surface area contributed by atoms with Crippen LogP contribution in [0.15, 0.2) is 54.6 Å². The average molecular weight is 308 g/mol. The maximum atomic E-state index is 10.1. The minimum Gasteiger partial charge on any atom is -0.497 e. The van der Waals surface area contributed by atoms with E-state index in [-0.39, 0.29) is 0 Å². The van der Waals surface area contributed by atoms with Crippen LogP contribution in [0.3, 0.4) is 0 Å². The Labute approximate surface area is 130 Å². The minimum absolute atomic E-state index is 0.662. The zero-order valence-electron chi connectivity index (χ0n) is 11.8. The normalized spacial score (nSPS) is 11.1. The molecule has 0 amide bonds. The van der Waals surface area contributed by atoms with Crippen molar-refractivity contribution in [1.82, 2.24) is 0 Å². The van der Waals surface area contributed by atoms with Gasteiger partial charge in [0.25, 0.3) is 5.52 Å². The molecule has 0 saturated heterocycles. The molecule has 0 atom stereocenters. The first kappa shape index (κ1) is 13.0. The quantitative estimate of drug-likeness (QED) is 0.524. The lowest BCUT2D eigenvalue weighted by Gasteiger charge is -2.06. The van der Waals surface area contributed by atoms with Gasteiger partial charge in [0.2, 0.25) is 5.75 Å². The number of aromatic nitrogens is 1. The Morgan fingerprint density at radius 2 is 1.73 bits per heavy atom. The second-order valence-electron chi connectivity index (χ2n) is 4.92. The predicted molar refractivity (Wildman–Crippen MR) is 86.9 cm³/mol. The molecule has 108 valence electrons. The zero-order valence-corrected chi connectivity index (χ0v) is 12.6. The lowest BCUT2D eigenvalue weighted by molar-refractivity contribution is -0.382. The van der Waals surface area contributed by atoms with Gasteiger partial charge < -0.3 is 15.0 Å². The molecule has 0 aliphatic heterocycles. The number of benzene rings is 3. The Hall–Kier alpha value is -2.66. The Balaban J connectivity index is 1.87. The molecule has 3 aromatic carbocycles. The topological polar surface area (TPSA) is 46.7 Å². The fourth-order valence-corrected chi connectivity index (χ4v) is 3.43. The molecule has 0 fully saturated rings.